The first-order valence-corrected chi connectivity index (χ1v) is 8.59. The van der Waals surface area contributed by atoms with Crippen LogP contribution in [0.3, 0.4) is 0 Å². The Morgan fingerprint density at radius 2 is 2.12 bits per heavy atom. The number of anilines is 2. The van der Waals surface area contributed by atoms with E-state index in [1.54, 1.807) is 29.2 Å². The van der Waals surface area contributed by atoms with Crippen LogP contribution in [0.1, 0.15) is 24.8 Å². The van der Waals surface area contributed by atoms with Gasteiger partial charge in [-0.15, -0.1) is 0 Å². The second-order valence-corrected chi connectivity index (χ2v) is 6.22. The summed E-state index contributed by atoms with van der Waals surface area (Å²) in [7, 11) is 1.41. The average molecular weight is 356 g/mol. The molecule has 2 amide bonds. The molecule has 2 aromatic rings. The maximum absolute atomic E-state index is 13.7. The van der Waals surface area contributed by atoms with E-state index >= 15 is 0 Å². The summed E-state index contributed by atoms with van der Waals surface area (Å²) < 4.78 is 18.6. The van der Waals surface area contributed by atoms with Crippen molar-refractivity contribution in [3.63, 3.8) is 0 Å². The molecule has 0 atom stereocenters. The molecule has 5 nitrogen and oxygen atoms in total. The van der Waals surface area contributed by atoms with E-state index in [-0.39, 0.29) is 24.0 Å². The minimum atomic E-state index is -0.437. The number of methoxy groups -OCH3 is 1. The molecule has 0 aromatic heterocycles. The van der Waals surface area contributed by atoms with Gasteiger partial charge in [-0.2, -0.15) is 0 Å². The van der Waals surface area contributed by atoms with Crippen molar-refractivity contribution in [3.05, 3.63) is 53.8 Å². The number of hydrogen-bond donors (Lipinski definition) is 1. The number of carbonyl (C=O) groups excluding carboxylic acids is 2. The first-order valence-electron chi connectivity index (χ1n) is 8.59. The van der Waals surface area contributed by atoms with Gasteiger partial charge in [0.05, 0.1) is 7.11 Å². The van der Waals surface area contributed by atoms with Gasteiger partial charge in [-0.3, -0.25) is 9.59 Å². The smallest absolute Gasteiger partial charge is 0.227 e. The van der Waals surface area contributed by atoms with E-state index in [2.05, 4.69) is 5.32 Å². The van der Waals surface area contributed by atoms with Gasteiger partial charge in [0.25, 0.3) is 0 Å². The largest absolute Gasteiger partial charge is 0.494 e. The molecule has 0 saturated carbocycles. The van der Waals surface area contributed by atoms with E-state index in [0.29, 0.717) is 25.1 Å². The third kappa shape index (κ3) is 4.20. The Labute approximate surface area is 151 Å². The molecule has 26 heavy (non-hydrogen) atoms. The molecule has 3 rings (SSSR count). The lowest BCUT2D eigenvalue weighted by Gasteiger charge is -2.16. The lowest BCUT2D eigenvalue weighted by atomic mass is 10.1. The van der Waals surface area contributed by atoms with Crippen LogP contribution >= 0.6 is 0 Å². The average Bonchev–Trinajstić information content (AvgIpc) is 3.06. The second kappa shape index (κ2) is 7.99. The van der Waals surface area contributed by atoms with E-state index in [1.807, 2.05) is 12.1 Å². The van der Waals surface area contributed by atoms with E-state index in [9.17, 15) is 14.0 Å². The van der Waals surface area contributed by atoms with Gasteiger partial charge < -0.3 is 15.0 Å². The van der Waals surface area contributed by atoms with Crippen molar-refractivity contribution in [3.8, 4) is 5.75 Å². The first-order chi connectivity index (χ1) is 12.6. The van der Waals surface area contributed by atoms with Crippen LogP contribution in [0.15, 0.2) is 42.5 Å². The summed E-state index contributed by atoms with van der Waals surface area (Å²) >= 11 is 0. The van der Waals surface area contributed by atoms with Crippen molar-refractivity contribution in [1.82, 2.24) is 0 Å². The number of amides is 2. The molecule has 136 valence electrons. The summed E-state index contributed by atoms with van der Waals surface area (Å²) in [4.78, 5) is 25.8. The van der Waals surface area contributed by atoms with Crippen molar-refractivity contribution in [2.24, 2.45) is 0 Å². The molecule has 1 N–H and O–H groups in total. The van der Waals surface area contributed by atoms with Gasteiger partial charge in [-0.25, -0.2) is 4.39 Å². The lowest BCUT2D eigenvalue weighted by Crippen LogP contribution is -2.23. The lowest BCUT2D eigenvalue weighted by molar-refractivity contribution is -0.117. The van der Waals surface area contributed by atoms with Crippen molar-refractivity contribution >= 4 is 23.2 Å². The first kappa shape index (κ1) is 17.9. The predicted molar refractivity (Wildman–Crippen MR) is 97.9 cm³/mol. The normalized spacial score (nSPS) is 13.8. The number of benzene rings is 2. The van der Waals surface area contributed by atoms with E-state index < -0.39 is 5.82 Å². The predicted octanol–water partition coefficient (Wildman–Crippen LogP) is 3.53. The van der Waals surface area contributed by atoms with Crippen molar-refractivity contribution < 1.29 is 18.7 Å². The summed E-state index contributed by atoms with van der Waals surface area (Å²) in [5.41, 5.74) is 2.17. The van der Waals surface area contributed by atoms with Crippen molar-refractivity contribution in [1.29, 1.82) is 0 Å². The van der Waals surface area contributed by atoms with Crippen LogP contribution < -0.4 is 15.0 Å². The monoisotopic (exact) mass is 356 g/mol. The van der Waals surface area contributed by atoms with Crippen LogP contribution in [0.4, 0.5) is 15.8 Å². The number of hydrogen-bond acceptors (Lipinski definition) is 3. The molecule has 1 fully saturated rings. The minimum absolute atomic E-state index is 0.106. The molecule has 1 aliphatic rings. The van der Waals surface area contributed by atoms with Crippen LogP contribution in [-0.2, 0) is 16.0 Å². The van der Waals surface area contributed by atoms with Gasteiger partial charge in [0.15, 0.2) is 11.6 Å². The maximum atomic E-state index is 13.7. The Balaban J connectivity index is 1.58. The molecule has 2 aromatic carbocycles. The zero-order chi connectivity index (χ0) is 18.5. The molecule has 0 bridgehead atoms. The van der Waals surface area contributed by atoms with E-state index in [4.69, 9.17) is 4.74 Å². The van der Waals surface area contributed by atoms with E-state index in [1.165, 1.54) is 13.2 Å². The SMILES string of the molecule is COc1ccc(CCC(=O)Nc2cccc(N3CCCC3=O)c2)cc1F. The molecular formula is C20H21FN2O3. The van der Waals surface area contributed by atoms with Crippen LogP contribution in [0.5, 0.6) is 5.75 Å². The number of halogens is 1. The number of rotatable bonds is 6. The molecular weight excluding hydrogens is 335 g/mol. The standard InChI is InChI=1S/C20H21FN2O3/c1-26-18-9-7-14(12-17(18)21)8-10-19(24)22-15-4-2-5-16(13-15)23-11-3-6-20(23)25/h2,4-5,7,9,12-13H,3,6,8,10-11H2,1H3,(H,22,24). The Morgan fingerprint density at radius 1 is 1.27 bits per heavy atom. The Bertz CT molecular complexity index is 822. The summed E-state index contributed by atoms with van der Waals surface area (Å²) in [5.74, 6) is -0.305. The number of nitrogens with one attached hydrogen (secondary N) is 1. The third-order valence-corrected chi connectivity index (χ3v) is 4.37. The van der Waals surface area contributed by atoms with Crippen LogP contribution in [-0.4, -0.2) is 25.5 Å². The number of nitrogens with zero attached hydrogens (tertiary/aromatic N) is 1. The fourth-order valence-corrected chi connectivity index (χ4v) is 3.02. The second-order valence-electron chi connectivity index (χ2n) is 6.22. The Morgan fingerprint density at radius 3 is 2.81 bits per heavy atom. The summed E-state index contributed by atoms with van der Waals surface area (Å²) in [6.45, 7) is 0.708. The molecule has 1 heterocycles. The fourth-order valence-electron chi connectivity index (χ4n) is 3.02. The summed E-state index contributed by atoms with van der Waals surface area (Å²) in [5, 5.41) is 2.83. The van der Waals surface area contributed by atoms with Gasteiger partial charge in [0, 0.05) is 30.8 Å². The highest BCUT2D eigenvalue weighted by Crippen LogP contribution is 2.24. The van der Waals surface area contributed by atoms with Gasteiger partial charge >= 0.3 is 0 Å². The van der Waals surface area contributed by atoms with Gasteiger partial charge in [-0.1, -0.05) is 12.1 Å². The summed E-state index contributed by atoms with van der Waals surface area (Å²) in [6.07, 6.45) is 2.08. The third-order valence-electron chi connectivity index (χ3n) is 4.37. The highest BCUT2D eigenvalue weighted by molar-refractivity contribution is 5.97. The van der Waals surface area contributed by atoms with Crippen LogP contribution in [0.25, 0.3) is 0 Å². The molecule has 1 saturated heterocycles. The van der Waals surface area contributed by atoms with Gasteiger partial charge in [0.1, 0.15) is 0 Å². The fraction of sp³-hybridized carbons (Fsp3) is 0.300. The molecule has 0 spiro atoms. The highest BCUT2D eigenvalue weighted by Gasteiger charge is 2.21. The number of ether oxygens (including phenoxy) is 1. The van der Waals surface area contributed by atoms with Gasteiger partial charge in [0.2, 0.25) is 11.8 Å². The maximum Gasteiger partial charge on any atom is 0.227 e. The summed E-state index contributed by atoms with van der Waals surface area (Å²) in [6, 6.07) is 11.9. The van der Waals surface area contributed by atoms with Crippen LogP contribution in [0.2, 0.25) is 0 Å². The quantitative estimate of drug-likeness (QED) is 0.861. The molecule has 1 aliphatic heterocycles. The van der Waals surface area contributed by atoms with E-state index in [0.717, 1.165) is 17.7 Å². The highest BCUT2D eigenvalue weighted by atomic mass is 19.1. The minimum Gasteiger partial charge on any atom is -0.494 e. The van der Waals surface area contributed by atoms with Crippen molar-refractivity contribution in [2.45, 2.75) is 25.7 Å². The topological polar surface area (TPSA) is 58.6 Å². The number of carbonyl (C=O) groups is 2. The molecule has 0 unspecified atom stereocenters. The Hall–Kier alpha value is -2.89. The molecule has 6 heteroatoms. The zero-order valence-electron chi connectivity index (χ0n) is 14.6. The van der Waals surface area contributed by atoms with Gasteiger partial charge in [-0.05, 0) is 48.7 Å². The van der Waals surface area contributed by atoms with Crippen molar-refractivity contribution in [2.75, 3.05) is 23.9 Å². The Kier molecular flexibility index (Phi) is 5.51. The molecule has 0 radical (unpaired) electrons. The molecule has 0 aliphatic carbocycles. The van der Waals surface area contributed by atoms with Crippen LogP contribution in [0, 0.1) is 5.82 Å². The number of aryl methyl sites for hydroxylation is 1. The zero-order valence-corrected chi connectivity index (χ0v) is 14.6.